The van der Waals surface area contributed by atoms with Crippen LogP contribution in [0, 0.1) is 23.7 Å². The van der Waals surface area contributed by atoms with Crippen molar-refractivity contribution in [2.45, 2.75) is 72.4 Å². The molecule has 4 rings (SSSR count). The zero-order valence-corrected chi connectivity index (χ0v) is 24.7. The van der Waals surface area contributed by atoms with Gasteiger partial charge in [0.2, 0.25) is 11.8 Å². The van der Waals surface area contributed by atoms with Gasteiger partial charge in [-0.25, -0.2) is 0 Å². The van der Waals surface area contributed by atoms with Gasteiger partial charge in [0.25, 0.3) is 0 Å². The smallest absolute Gasteiger partial charge is 0.304 e. The van der Waals surface area contributed by atoms with Crippen molar-refractivity contribution in [3.05, 3.63) is 95.6 Å². The molecule has 0 spiro atoms. The maximum atomic E-state index is 13.7. The summed E-state index contributed by atoms with van der Waals surface area (Å²) in [6.07, 6.45) is 1.73. The van der Waals surface area contributed by atoms with E-state index in [2.05, 4.69) is 47.9 Å². The van der Waals surface area contributed by atoms with Gasteiger partial charge in [0.1, 0.15) is 6.04 Å². The lowest BCUT2D eigenvalue weighted by Crippen LogP contribution is -2.55. The van der Waals surface area contributed by atoms with Gasteiger partial charge >= 0.3 is 5.97 Å². The highest BCUT2D eigenvalue weighted by Crippen LogP contribution is 2.58. The summed E-state index contributed by atoms with van der Waals surface area (Å²) in [7, 11) is 0. The average molecular weight is 555 g/mol. The minimum absolute atomic E-state index is 0.0559. The lowest BCUT2D eigenvalue weighted by Gasteiger charge is -2.33. The summed E-state index contributed by atoms with van der Waals surface area (Å²) in [6, 6.07) is 25.3. The summed E-state index contributed by atoms with van der Waals surface area (Å²) in [5, 5.41) is 15.7. The largest absolute Gasteiger partial charge is 0.481 e. The lowest BCUT2D eigenvalue weighted by molar-refractivity contribution is -0.143. The molecule has 4 atom stereocenters. The van der Waals surface area contributed by atoms with E-state index in [1.165, 1.54) is 22.3 Å². The summed E-state index contributed by atoms with van der Waals surface area (Å²) in [5.74, 6) is -1.68. The molecular formula is C35H42N2O4. The fourth-order valence-electron chi connectivity index (χ4n) is 5.84. The summed E-state index contributed by atoms with van der Waals surface area (Å²) >= 11 is 0. The maximum absolute atomic E-state index is 13.7. The zero-order chi connectivity index (χ0) is 29.8. The number of aliphatic carboxylic acids is 1. The normalized spacial score (nSPS) is 19.6. The molecule has 0 radical (unpaired) electrons. The number of carbonyl (C=O) groups is 3. The third-order valence-corrected chi connectivity index (χ3v) is 8.37. The van der Waals surface area contributed by atoms with Gasteiger partial charge in [-0.15, -0.1) is 0 Å². The fraction of sp³-hybridized carbons (Fsp3) is 0.400. The van der Waals surface area contributed by atoms with Crippen molar-refractivity contribution in [1.29, 1.82) is 0 Å². The zero-order valence-electron chi connectivity index (χ0n) is 24.7. The van der Waals surface area contributed by atoms with Crippen LogP contribution in [0.15, 0.2) is 78.9 Å². The van der Waals surface area contributed by atoms with Crippen molar-refractivity contribution in [3.63, 3.8) is 0 Å². The van der Waals surface area contributed by atoms with E-state index in [-0.39, 0.29) is 30.2 Å². The molecule has 0 bridgehead atoms. The topological polar surface area (TPSA) is 95.5 Å². The Bertz CT molecular complexity index is 1380. The van der Waals surface area contributed by atoms with Crippen LogP contribution in [0.1, 0.15) is 69.7 Å². The Morgan fingerprint density at radius 2 is 1.59 bits per heavy atom. The first kappa shape index (κ1) is 30.0. The molecule has 6 nitrogen and oxygen atoms in total. The highest BCUT2D eigenvalue weighted by molar-refractivity contribution is 5.94. The Hall–Kier alpha value is -3.93. The highest BCUT2D eigenvalue weighted by Gasteiger charge is 2.61. The third-order valence-electron chi connectivity index (χ3n) is 8.37. The van der Waals surface area contributed by atoms with Crippen molar-refractivity contribution < 1.29 is 19.5 Å². The number of nitrogens with one attached hydrogen (secondary N) is 2. The summed E-state index contributed by atoms with van der Waals surface area (Å²) < 4.78 is 0. The van der Waals surface area contributed by atoms with Crippen LogP contribution in [-0.2, 0) is 20.8 Å². The molecule has 1 fully saturated rings. The Labute approximate surface area is 243 Å². The second kappa shape index (κ2) is 12.3. The van der Waals surface area contributed by atoms with Crippen LogP contribution in [0.5, 0.6) is 0 Å². The van der Waals surface area contributed by atoms with Crippen LogP contribution in [0.4, 0.5) is 0 Å². The predicted octanol–water partition coefficient (Wildman–Crippen LogP) is 6.48. The van der Waals surface area contributed by atoms with Crippen molar-refractivity contribution in [2.24, 2.45) is 16.7 Å². The number of hydrogen-bond acceptors (Lipinski definition) is 3. The van der Waals surface area contributed by atoms with E-state index in [4.69, 9.17) is 0 Å². The Kier molecular flexibility index (Phi) is 9.01. The first-order chi connectivity index (χ1) is 19.4. The number of rotatable bonds is 11. The monoisotopic (exact) mass is 554 g/mol. The van der Waals surface area contributed by atoms with Gasteiger partial charge in [-0.3, -0.25) is 14.4 Å². The second-order valence-electron chi connectivity index (χ2n) is 12.6. The van der Waals surface area contributed by atoms with Crippen LogP contribution in [0.25, 0.3) is 11.1 Å². The molecule has 1 aliphatic rings. The first-order valence-electron chi connectivity index (χ1n) is 14.4. The van der Waals surface area contributed by atoms with E-state index >= 15 is 0 Å². The number of carbonyl (C=O) groups excluding carboxylic acids is 2. The molecule has 3 aromatic rings. The van der Waals surface area contributed by atoms with E-state index in [0.717, 1.165) is 12.0 Å². The number of carboxylic acids is 1. The average Bonchev–Trinajstić information content (AvgIpc) is 3.63. The molecule has 1 unspecified atom stereocenters. The van der Waals surface area contributed by atoms with E-state index < -0.39 is 22.8 Å². The van der Waals surface area contributed by atoms with Crippen molar-refractivity contribution in [2.75, 3.05) is 0 Å². The van der Waals surface area contributed by atoms with Crippen LogP contribution >= 0.6 is 0 Å². The molecule has 0 saturated heterocycles. The molecule has 3 aromatic carbocycles. The fourth-order valence-corrected chi connectivity index (χ4v) is 5.84. The predicted molar refractivity (Wildman–Crippen MR) is 162 cm³/mol. The van der Waals surface area contributed by atoms with Gasteiger partial charge < -0.3 is 15.7 Å². The third kappa shape index (κ3) is 7.24. The molecular weight excluding hydrogens is 512 g/mol. The first-order valence-corrected chi connectivity index (χ1v) is 14.4. The van der Waals surface area contributed by atoms with Crippen molar-refractivity contribution >= 4 is 17.8 Å². The molecule has 0 heterocycles. The van der Waals surface area contributed by atoms with Gasteiger partial charge in [0.05, 0.1) is 17.9 Å². The molecule has 216 valence electrons. The van der Waals surface area contributed by atoms with Crippen LogP contribution < -0.4 is 10.6 Å². The number of hydrogen-bond donors (Lipinski definition) is 3. The van der Waals surface area contributed by atoms with E-state index in [9.17, 15) is 19.5 Å². The minimum Gasteiger partial charge on any atom is -0.481 e. The second-order valence-corrected chi connectivity index (χ2v) is 12.6. The number of benzene rings is 3. The molecule has 3 N–H and O–H groups in total. The Balaban J connectivity index is 1.44. The molecule has 6 heteroatoms. The molecule has 0 aromatic heterocycles. The number of carboxylic acid groups (broad SMARTS) is 1. The van der Waals surface area contributed by atoms with Gasteiger partial charge in [0.15, 0.2) is 0 Å². The molecule has 1 aliphatic carbocycles. The standard InChI is InChI=1S/C35H42N2O4/c1-23-20-25(17-19-29(23)27-14-10-7-11-15-27)16-18-28-21-35(28,22-30(38)39)33(41)37-31(34(3,4)5)32(40)36-24(2)26-12-8-6-9-13-26/h6-15,17,19-20,24,28,31H,16,18,21-22H2,1-5H3,(H,36,40)(H,37,41)(H,38,39)/t24-,28-,31-,35?/m1/s1. The summed E-state index contributed by atoms with van der Waals surface area (Å²) in [6.45, 7) is 9.72. The summed E-state index contributed by atoms with van der Waals surface area (Å²) in [4.78, 5) is 38.9. The molecule has 0 aliphatic heterocycles. The van der Waals surface area contributed by atoms with E-state index in [1.807, 2.05) is 76.2 Å². The van der Waals surface area contributed by atoms with Gasteiger partial charge in [-0.1, -0.05) is 99.6 Å². The van der Waals surface area contributed by atoms with Gasteiger partial charge in [-0.05, 0) is 72.3 Å². The minimum atomic E-state index is -1.00. The Morgan fingerprint density at radius 1 is 0.951 bits per heavy atom. The van der Waals surface area contributed by atoms with Crippen LogP contribution in [-0.4, -0.2) is 28.9 Å². The van der Waals surface area contributed by atoms with Crippen LogP contribution in [0.2, 0.25) is 0 Å². The van der Waals surface area contributed by atoms with Gasteiger partial charge in [0, 0.05) is 0 Å². The quantitative estimate of drug-likeness (QED) is 0.253. The van der Waals surface area contributed by atoms with Crippen molar-refractivity contribution in [3.8, 4) is 11.1 Å². The number of aryl methyl sites for hydroxylation is 2. The van der Waals surface area contributed by atoms with E-state index in [0.29, 0.717) is 12.8 Å². The van der Waals surface area contributed by atoms with Gasteiger partial charge in [-0.2, -0.15) is 0 Å². The lowest BCUT2D eigenvalue weighted by atomic mass is 9.84. The maximum Gasteiger partial charge on any atom is 0.304 e. The Morgan fingerprint density at radius 3 is 2.17 bits per heavy atom. The number of amides is 2. The van der Waals surface area contributed by atoms with E-state index in [1.54, 1.807) is 0 Å². The SMILES string of the molecule is Cc1cc(CC[C@@H]2CC2(CC(=O)O)C(=O)N[C@H](C(=O)N[C@H](C)c2ccccc2)C(C)(C)C)ccc1-c1ccccc1. The highest BCUT2D eigenvalue weighted by atomic mass is 16.4. The van der Waals surface area contributed by atoms with Crippen molar-refractivity contribution in [1.82, 2.24) is 10.6 Å². The summed E-state index contributed by atoms with van der Waals surface area (Å²) in [5.41, 5.74) is 4.11. The molecule has 2 amide bonds. The molecule has 41 heavy (non-hydrogen) atoms. The van der Waals surface area contributed by atoms with Crippen LogP contribution in [0.3, 0.4) is 0 Å². The molecule has 1 saturated carbocycles.